The molecule has 3 N–H and O–H groups in total. The van der Waals surface area contributed by atoms with Gasteiger partial charge in [0.05, 0.1) is 7.14 Å². The molecule has 1 amide bonds. The summed E-state index contributed by atoms with van der Waals surface area (Å²) in [5, 5.41) is 20.2. The van der Waals surface area contributed by atoms with E-state index < -0.39 is 18.4 Å². The number of ether oxygens (including phenoxy) is 1. The van der Waals surface area contributed by atoms with Crippen LogP contribution in [0.5, 0.6) is 17.2 Å². The van der Waals surface area contributed by atoms with Crippen LogP contribution < -0.4 is 10.1 Å². The fourth-order valence-corrected chi connectivity index (χ4v) is 3.67. The highest BCUT2D eigenvalue weighted by molar-refractivity contribution is 14.1. The van der Waals surface area contributed by atoms with Gasteiger partial charge in [0.1, 0.15) is 18.0 Å². The molecule has 0 bridgehead atoms. The number of hydrogen-bond donors (Lipinski definition) is 3. The SMILES string of the molecule is O=C(O)CNC(=O)c1cc(I)c(Oc2ccc(O)cc2)c(I)c1. The topological polar surface area (TPSA) is 95.9 Å². The number of carbonyl (C=O) groups is 2. The first-order chi connectivity index (χ1) is 10.9. The summed E-state index contributed by atoms with van der Waals surface area (Å²) in [6.45, 7) is -0.433. The predicted molar refractivity (Wildman–Crippen MR) is 100 cm³/mol. The lowest BCUT2D eigenvalue weighted by Crippen LogP contribution is -2.29. The molecule has 0 spiro atoms. The highest BCUT2D eigenvalue weighted by atomic mass is 127. The van der Waals surface area contributed by atoms with E-state index >= 15 is 0 Å². The molecule has 0 aliphatic rings. The summed E-state index contributed by atoms with van der Waals surface area (Å²) < 4.78 is 7.20. The van der Waals surface area contributed by atoms with E-state index in [0.29, 0.717) is 24.2 Å². The van der Waals surface area contributed by atoms with E-state index in [1.54, 1.807) is 24.3 Å². The highest BCUT2D eigenvalue weighted by Crippen LogP contribution is 2.33. The largest absolute Gasteiger partial charge is 0.508 e. The highest BCUT2D eigenvalue weighted by Gasteiger charge is 2.14. The third kappa shape index (κ3) is 4.96. The molecule has 0 saturated carbocycles. The molecule has 0 aliphatic carbocycles. The smallest absolute Gasteiger partial charge is 0.322 e. The molecule has 8 heteroatoms. The Morgan fingerprint density at radius 3 is 2.17 bits per heavy atom. The van der Waals surface area contributed by atoms with Crippen LogP contribution in [0.2, 0.25) is 0 Å². The molecule has 2 aromatic rings. The standard InChI is InChI=1S/C15H11I2NO5/c16-11-5-8(15(22)18-7-13(20)21)6-12(17)14(11)23-10-3-1-9(19)2-4-10/h1-6,19H,7H2,(H,18,22)(H,20,21). The van der Waals surface area contributed by atoms with Crippen molar-refractivity contribution in [1.82, 2.24) is 5.32 Å². The van der Waals surface area contributed by atoms with Crippen LogP contribution in [0.4, 0.5) is 0 Å². The fourth-order valence-electron chi connectivity index (χ4n) is 1.68. The number of carboxylic acids is 1. The molecule has 6 nitrogen and oxygen atoms in total. The number of aliphatic carboxylic acids is 1. The number of halogens is 2. The summed E-state index contributed by atoms with van der Waals surface area (Å²) in [7, 11) is 0. The number of carboxylic acid groups (broad SMARTS) is 1. The Kier molecular flexibility index (Phi) is 6.04. The monoisotopic (exact) mass is 539 g/mol. The van der Waals surface area contributed by atoms with Crippen molar-refractivity contribution in [3.63, 3.8) is 0 Å². The van der Waals surface area contributed by atoms with Crippen LogP contribution in [0.25, 0.3) is 0 Å². The van der Waals surface area contributed by atoms with Crippen LogP contribution in [0.3, 0.4) is 0 Å². The minimum absolute atomic E-state index is 0.146. The van der Waals surface area contributed by atoms with Crippen LogP contribution in [-0.2, 0) is 4.79 Å². The van der Waals surface area contributed by atoms with E-state index in [0.717, 1.165) is 0 Å². The van der Waals surface area contributed by atoms with Gasteiger partial charge in [0.2, 0.25) is 0 Å². The first kappa shape index (κ1) is 17.8. The lowest BCUT2D eigenvalue weighted by atomic mass is 10.2. The van der Waals surface area contributed by atoms with Gasteiger partial charge in [-0.05, 0) is 81.6 Å². The van der Waals surface area contributed by atoms with E-state index in [1.807, 2.05) is 45.2 Å². The second-order valence-corrected chi connectivity index (χ2v) is 6.77. The number of amides is 1. The van der Waals surface area contributed by atoms with Gasteiger partial charge in [-0.15, -0.1) is 0 Å². The van der Waals surface area contributed by atoms with Crippen LogP contribution in [0.1, 0.15) is 10.4 Å². The van der Waals surface area contributed by atoms with Gasteiger partial charge in [-0.2, -0.15) is 0 Å². The third-order valence-electron chi connectivity index (χ3n) is 2.72. The van der Waals surface area contributed by atoms with Crippen molar-refractivity contribution in [1.29, 1.82) is 0 Å². The van der Waals surface area contributed by atoms with E-state index in [2.05, 4.69) is 5.32 Å². The number of phenolic OH excluding ortho intramolecular Hbond substituents is 1. The van der Waals surface area contributed by atoms with Crippen molar-refractivity contribution >= 4 is 57.1 Å². The average Bonchev–Trinajstić information content (AvgIpc) is 2.50. The quantitative estimate of drug-likeness (QED) is 0.508. The molecule has 0 saturated heterocycles. The fraction of sp³-hybridized carbons (Fsp3) is 0.0667. The summed E-state index contributed by atoms with van der Waals surface area (Å²) in [6.07, 6.45) is 0. The second kappa shape index (κ2) is 7.81. The Labute approximate surface area is 159 Å². The van der Waals surface area contributed by atoms with Gasteiger partial charge in [0, 0.05) is 5.56 Å². The van der Waals surface area contributed by atoms with Gasteiger partial charge in [-0.3, -0.25) is 9.59 Å². The van der Waals surface area contributed by atoms with Crippen molar-refractivity contribution in [3.05, 3.63) is 49.1 Å². The molecule has 0 fully saturated rings. The molecule has 23 heavy (non-hydrogen) atoms. The maximum Gasteiger partial charge on any atom is 0.322 e. The molecule has 0 aromatic heterocycles. The van der Waals surface area contributed by atoms with E-state index in [-0.39, 0.29) is 5.75 Å². The van der Waals surface area contributed by atoms with Crippen molar-refractivity contribution < 1.29 is 24.5 Å². The van der Waals surface area contributed by atoms with Crippen molar-refractivity contribution in [2.24, 2.45) is 0 Å². The Hall–Kier alpha value is -1.56. The Morgan fingerprint density at radius 1 is 1.09 bits per heavy atom. The maximum absolute atomic E-state index is 11.9. The predicted octanol–water partition coefficient (Wildman–Crippen LogP) is 3.21. The van der Waals surface area contributed by atoms with Crippen LogP contribution in [-0.4, -0.2) is 28.6 Å². The van der Waals surface area contributed by atoms with Gasteiger partial charge in [-0.1, -0.05) is 0 Å². The summed E-state index contributed by atoms with van der Waals surface area (Å²) in [5.41, 5.74) is 0.359. The number of nitrogens with one attached hydrogen (secondary N) is 1. The number of benzene rings is 2. The first-order valence-corrected chi connectivity index (χ1v) is 8.48. The molecule has 0 atom stereocenters. The van der Waals surface area contributed by atoms with E-state index in [4.69, 9.17) is 9.84 Å². The minimum atomic E-state index is -1.10. The molecular weight excluding hydrogens is 528 g/mol. The lowest BCUT2D eigenvalue weighted by Gasteiger charge is -2.12. The average molecular weight is 539 g/mol. The van der Waals surface area contributed by atoms with Gasteiger partial charge in [0.15, 0.2) is 5.75 Å². The summed E-state index contributed by atoms with van der Waals surface area (Å²) in [4.78, 5) is 22.4. The second-order valence-electron chi connectivity index (χ2n) is 4.44. The minimum Gasteiger partial charge on any atom is -0.508 e. The molecule has 0 radical (unpaired) electrons. The number of carbonyl (C=O) groups excluding carboxylic acids is 1. The number of rotatable bonds is 5. The zero-order valence-electron chi connectivity index (χ0n) is 11.5. The maximum atomic E-state index is 11.9. The zero-order valence-corrected chi connectivity index (χ0v) is 15.9. The van der Waals surface area contributed by atoms with E-state index in [1.165, 1.54) is 12.1 Å². The first-order valence-electron chi connectivity index (χ1n) is 6.32. The van der Waals surface area contributed by atoms with E-state index in [9.17, 15) is 14.7 Å². The van der Waals surface area contributed by atoms with Crippen molar-refractivity contribution in [2.75, 3.05) is 6.54 Å². The molecular formula is C15H11I2NO5. The molecule has 0 heterocycles. The third-order valence-corrected chi connectivity index (χ3v) is 4.32. The van der Waals surface area contributed by atoms with Gasteiger partial charge in [-0.25, -0.2) is 0 Å². The number of phenols is 1. The summed E-state index contributed by atoms with van der Waals surface area (Å²) in [5.74, 6) is -0.268. The summed E-state index contributed by atoms with van der Waals surface area (Å²) in [6, 6.07) is 9.54. The molecule has 2 aromatic carbocycles. The van der Waals surface area contributed by atoms with Gasteiger partial charge in [0.25, 0.3) is 5.91 Å². The van der Waals surface area contributed by atoms with Gasteiger partial charge >= 0.3 is 5.97 Å². The van der Waals surface area contributed by atoms with Crippen LogP contribution >= 0.6 is 45.2 Å². The molecule has 0 aliphatic heterocycles. The van der Waals surface area contributed by atoms with Crippen molar-refractivity contribution in [3.8, 4) is 17.2 Å². The van der Waals surface area contributed by atoms with Crippen LogP contribution in [0, 0.1) is 7.14 Å². The van der Waals surface area contributed by atoms with Gasteiger partial charge < -0.3 is 20.3 Å². The normalized spacial score (nSPS) is 10.2. The number of hydrogen-bond acceptors (Lipinski definition) is 4. The van der Waals surface area contributed by atoms with Crippen molar-refractivity contribution in [2.45, 2.75) is 0 Å². The lowest BCUT2D eigenvalue weighted by molar-refractivity contribution is -0.135. The Balaban J connectivity index is 2.21. The Morgan fingerprint density at radius 2 is 1.65 bits per heavy atom. The number of aromatic hydroxyl groups is 1. The zero-order chi connectivity index (χ0) is 17.0. The molecule has 2 rings (SSSR count). The molecule has 0 unspecified atom stereocenters. The van der Waals surface area contributed by atoms with Crippen LogP contribution in [0.15, 0.2) is 36.4 Å². The molecule has 120 valence electrons. The summed E-state index contributed by atoms with van der Waals surface area (Å²) >= 11 is 4.09. The Bertz CT molecular complexity index is 723.